The topological polar surface area (TPSA) is 49.8 Å². The molecule has 16 heavy (non-hydrogen) atoms. The third-order valence-electron chi connectivity index (χ3n) is 2.88. The summed E-state index contributed by atoms with van der Waals surface area (Å²) in [6.07, 6.45) is 4.79. The standard InChI is InChI=1S/C12H14N4/c1-2-9-6-11(8-15-12(9)14-4-1)16-10-3-5-13-7-10/h1-2,4,6,8,10,13,16H,3,5,7H2/t10-/m1/s1. The fraction of sp³-hybridized carbons (Fsp3) is 0.333. The van der Waals surface area contributed by atoms with E-state index in [1.807, 2.05) is 18.3 Å². The fourth-order valence-corrected chi connectivity index (χ4v) is 2.06. The lowest BCUT2D eigenvalue weighted by Gasteiger charge is -2.12. The Hall–Kier alpha value is -1.68. The Bertz CT molecular complexity index is 491. The highest BCUT2D eigenvalue weighted by Gasteiger charge is 2.13. The Balaban J connectivity index is 1.86. The van der Waals surface area contributed by atoms with Crippen molar-refractivity contribution in [1.82, 2.24) is 15.3 Å². The maximum absolute atomic E-state index is 4.33. The molecule has 3 rings (SSSR count). The molecule has 3 heterocycles. The smallest absolute Gasteiger partial charge is 0.159 e. The molecule has 0 saturated carbocycles. The number of nitrogens with zero attached hydrogens (tertiary/aromatic N) is 2. The Morgan fingerprint density at radius 3 is 3.25 bits per heavy atom. The van der Waals surface area contributed by atoms with Crippen molar-refractivity contribution in [2.24, 2.45) is 0 Å². The molecule has 2 aromatic rings. The second-order valence-corrected chi connectivity index (χ2v) is 4.11. The van der Waals surface area contributed by atoms with Gasteiger partial charge in [-0.05, 0) is 31.2 Å². The zero-order chi connectivity index (χ0) is 10.8. The van der Waals surface area contributed by atoms with Crippen molar-refractivity contribution in [1.29, 1.82) is 0 Å². The predicted molar refractivity (Wildman–Crippen MR) is 64.4 cm³/mol. The third-order valence-corrected chi connectivity index (χ3v) is 2.88. The van der Waals surface area contributed by atoms with E-state index < -0.39 is 0 Å². The summed E-state index contributed by atoms with van der Waals surface area (Å²) >= 11 is 0. The SMILES string of the molecule is c1cnc2ncc(N[C@@H]3CCNC3)cc2c1. The van der Waals surface area contributed by atoms with Crippen LogP contribution in [0.15, 0.2) is 30.6 Å². The summed E-state index contributed by atoms with van der Waals surface area (Å²) in [6.45, 7) is 2.13. The van der Waals surface area contributed by atoms with Crippen molar-refractivity contribution in [3.05, 3.63) is 30.6 Å². The van der Waals surface area contributed by atoms with Gasteiger partial charge in [-0.1, -0.05) is 0 Å². The van der Waals surface area contributed by atoms with Gasteiger partial charge in [0.2, 0.25) is 0 Å². The molecule has 0 aliphatic carbocycles. The molecular formula is C12H14N4. The van der Waals surface area contributed by atoms with Crippen molar-refractivity contribution in [3.8, 4) is 0 Å². The van der Waals surface area contributed by atoms with Crippen molar-refractivity contribution in [2.75, 3.05) is 18.4 Å². The largest absolute Gasteiger partial charge is 0.380 e. The van der Waals surface area contributed by atoms with Crippen LogP contribution in [0.25, 0.3) is 11.0 Å². The van der Waals surface area contributed by atoms with Crippen molar-refractivity contribution >= 4 is 16.7 Å². The molecule has 1 fully saturated rings. The van der Waals surface area contributed by atoms with Gasteiger partial charge in [-0.15, -0.1) is 0 Å². The summed E-state index contributed by atoms with van der Waals surface area (Å²) in [5, 5.41) is 7.90. The zero-order valence-corrected chi connectivity index (χ0v) is 8.98. The number of nitrogens with one attached hydrogen (secondary N) is 2. The monoisotopic (exact) mass is 214 g/mol. The van der Waals surface area contributed by atoms with E-state index in [-0.39, 0.29) is 0 Å². The first-order chi connectivity index (χ1) is 7.92. The van der Waals surface area contributed by atoms with Crippen molar-refractivity contribution in [2.45, 2.75) is 12.5 Å². The lowest BCUT2D eigenvalue weighted by Crippen LogP contribution is -2.22. The fourth-order valence-electron chi connectivity index (χ4n) is 2.06. The van der Waals surface area contributed by atoms with E-state index in [4.69, 9.17) is 0 Å². The van der Waals surface area contributed by atoms with Crippen LogP contribution >= 0.6 is 0 Å². The molecule has 4 heteroatoms. The molecule has 1 aliphatic rings. The molecule has 0 unspecified atom stereocenters. The Labute approximate surface area is 94.1 Å². The normalized spacial score (nSPS) is 20.1. The second-order valence-electron chi connectivity index (χ2n) is 4.11. The van der Waals surface area contributed by atoms with E-state index in [0.717, 1.165) is 29.8 Å². The average molecular weight is 214 g/mol. The number of aromatic nitrogens is 2. The maximum atomic E-state index is 4.33. The first-order valence-electron chi connectivity index (χ1n) is 5.60. The quantitative estimate of drug-likeness (QED) is 0.793. The van der Waals surface area contributed by atoms with Crippen molar-refractivity contribution < 1.29 is 0 Å². The van der Waals surface area contributed by atoms with Crippen LogP contribution in [0.4, 0.5) is 5.69 Å². The van der Waals surface area contributed by atoms with Gasteiger partial charge in [0.15, 0.2) is 5.65 Å². The van der Waals surface area contributed by atoms with Gasteiger partial charge in [0.05, 0.1) is 11.9 Å². The van der Waals surface area contributed by atoms with Crippen LogP contribution in [0.5, 0.6) is 0 Å². The van der Waals surface area contributed by atoms with Crippen LogP contribution in [0, 0.1) is 0 Å². The highest BCUT2D eigenvalue weighted by molar-refractivity contribution is 5.77. The van der Waals surface area contributed by atoms with Gasteiger partial charge < -0.3 is 10.6 Å². The summed E-state index contributed by atoms with van der Waals surface area (Å²) in [6, 6.07) is 6.60. The first kappa shape index (κ1) is 9.54. The van der Waals surface area contributed by atoms with Gasteiger partial charge in [0.25, 0.3) is 0 Å². The van der Waals surface area contributed by atoms with Crippen LogP contribution in [0.2, 0.25) is 0 Å². The molecule has 0 bridgehead atoms. The van der Waals surface area contributed by atoms with Crippen LogP contribution < -0.4 is 10.6 Å². The third kappa shape index (κ3) is 1.84. The molecule has 1 atom stereocenters. The van der Waals surface area contributed by atoms with Crippen LogP contribution in [-0.2, 0) is 0 Å². The van der Waals surface area contributed by atoms with Crippen molar-refractivity contribution in [3.63, 3.8) is 0 Å². The zero-order valence-electron chi connectivity index (χ0n) is 8.98. The summed E-state index contributed by atoms with van der Waals surface area (Å²) in [5.74, 6) is 0. The molecular weight excluding hydrogens is 200 g/mol. The number of fused-ring (bicyclic) bond motifs is 1. The minimum atomic E-state index is 0.524. The molecule has 0 radical (unpaired) electrons. The van der Waals surface area contributed by atoms with Gasteiger partial charge in [-0.3, -0.25) is 0 Å². The molecule has 0 amide bonds. The van der Waals surface area contributed by atoms with E-state index in [0.29, 0.717) is 6.04 Å². The molecule has 2 aromatic heterocycles. The van der Waals surface area contributed by atoms with Crippen LogP contribution in [-0.4, -0.2) is 29.1 Å². The Morgan fingerprint density at radius 2 is 2.38 bits per heavy atom. The summed E-state index contributed by atoms with van der Waals surface area (Å²) < 4.78 is 0. The summed E-state index contributed by atoms with van der Waals surface area (Å²) in [4.78, 5) is 8.53. The number of anilines is 1. The summed E-state index contributed by atoms with van der Waals surface area (Å²) in [7, 11) is 0. The van der Waals surface area contributed by atoms with Gasteiger partial charge in [0, 0.05) is 24.2 Å². The number of rotatable bonds is 2. The first-order valence-corrected chi connectivity index (χ1v) is 5.60. The molecule has 0 aromatic carbocycles. The number of hydrogen-bond acceptors (Lipinski definition) is 4. The second kappa shape index (κ2) is 4.06. The highest BCUT2D eigenvalue weighted by atomic mass is 15.0. The van der Waals surface area contributed by atoms with Crippen LogP contribution in [0.3, 0.4) is 0 Å². The van der Waals surface area contributed by atoms with Gasteiger partial charge in [-0.2, -0.15) is 0 Å². The van der Waals surface area contributed by atoms with Gasteiger partial charge in [-0.25, -0.2) is 9.97 Å². The average Bonchev–Trinajstić information content (AvgIpc) is 2.82. The predicted octanol–water partition coefficient (Wildman–Crippen LogP) is 1.40. The Kier molecular flexibility index (Phi) is 2.42. The van der Waals surface area contributed by atoms with Gasteiger partial charge >= 0.3 is 0 Å². The lowest BCUT2D eigenvalue weighted by molar-refractivity contribution is 0.793. The van der Waals surface area contributed by atoms with E-state index >= 15 is 0 Å². The minimum Gasteiger partial charge on any atom is -0.380 e. The molecule has 1 aliphatic heterocycles. The van der Waals surface area contributed by atoms with Crippen LogP contribution in [0.1, 0.15) is 6.42 Å². The van der Waals surface area contributed by atoms with Gasteiger partial charge in [0.1, 0.15) is 0 Å². The van der Waals surface area contributed by atoms with E-state index in [2.05, 4.69) is 26.7 Å². The maximum Gasteiger partial charge on any atom is 0.159 e. The molecule has 1 saturated heterocycles. The Morgan fingerprint density at radius 1 is 1.38 bits per heavy atom. The molecule has 2 N–H and O–H groups in total. The highest BCUT2D eigenvalue weighted by Crippen LogP contribution is 2.16. The van der Waals surface area contributed by atoms with E-state index in [1.54, 1.807) is 6.20 Å². The molecule has 0 spiro atoms. The minimum absolute atomic E-state index is 0.524. The summed E-state index contributed by atoms with van der Waals surface area (Å²) in [5.41, 5.74) is 1.88. The number of hydrogen-bond donors (Lipinski definition) is 2. The lowest BCUT2D eigenvalue weighted by atomic mass is 10.2. The van der Waals surface area contributed by atoms with E-state index in [1.165, 1.54) is 6.42 Å². The molecule has 4 nitrogen and oxygen atoms in total. The van der Waals surface area contributed by atoms with E-state index in [9.17, 15) is 0 Å². The molecule has 82 valence electrons. The number of pyridine rings is 2.